The molecule has 115 heavy (non-hydrogen) atoms. The molecule has 0 radical (unpaired) electrons. The Hall–Kier alpha value is -10.6. The third kappa shape index (κ3) is 37.9. The summed E-state index contributed by atoms with van der Waals surface area (Å²) in [6.07, 6.45) is 10.7. The Bertz CT molecular complexity index is 3710. The van der Waals surface area contributed by atoms with Gasteiger partial charge < -0.3 is 62.1 Å². The number of anilines is 1. The van der Waals surface area contributed by atoms with Gasteiger partial charge in [-0.25, -0.2) is 4.79 Å². The highest BCUT2D eigenvalue weighted by molar-refractivity contribution is 8.00. The van der Waals surface area contributed by atoms with E-state index >= 15 is 0 Å². The number of phenolic OH excluding ortho intramolecular Hbond substituents is 1. The fourth-order valence-corrected chi connectivity index (χ4v) is 14.5. The number of nitro groups is 7. The fraction of sp³-hybridized carbons (Fsp3) is 0.608. The van der Waals surface area contributed by atoms with Crippen molar-refractivity contribution < 1.29 is 92.1 Å². The molecule has 7 unspecified atom stereocenters. The van der Waals surface area contributed by atoms with E-state index in [1.165, 1.54) is 0 Å². The monoisotopic (exact) mass is 1640 g/mol. The molecule has 5 rings (SSSR count). The average molecular weight is 1640 g/mol. The number of thioether (sulfide) groups is 1. The molecule has 2 saturated heterocycles. The van der Waals surface area contributed by atoms with Gasteiger partial charge in [-0.3, -0.25) is 99.6 Å². The van der Waals surface area contributed by atoms with Gasteiger partial charge in [-0.1, -0.05) is 45.1 Å². The first-order valence-electron chi connectivity index (χ1n) is 38.3. The summed E-state index contributed by atoms with van der Waals surface area (Å²) in [6, 6.07) is 7.36. The lowest BCUT2D eigenvalue weighted by Gasteiger charge is -2.25. The Kier molecular flexibility index (Phi) is 45.6. The Balaban J connectivity index is 0.00000211. The van der Waals surface area contributed by atoms with Crippen LogP contribution >= 0.6 is 11.8 Å². The number of nitrogens with one attached hydrogen (secondary N) is 5. The number of aryl methyl sites for hydroxylation is 1. The van der Waals surface area contributed by atoms with Crippen molar-refractivity contribution in [2.24, 2.45) is 29.2 Å². The predicted molar refractivity (Wildman–Crippen MR) is 421 cm³/mol. The average Bonchev–Trinajstić information content (AvgIpc) is 1.62. The normalized spacial score (nSPS) is 15.7. The standard InChI is InChI=1S/C68H102N12O22S.C6H4N2O4/c1-2-59(78(93)94)48(29-33-76(89)90)42-50(18-11-13-31-69)66(86)73-55(21-12-14-32-71-67(87)56(72-57-45-53(82)26-28-61(57)80(97)98)22-7-3-5-16-47-43-51(77(91)92)25-27-60(47)79(95)96)62(84)23-8-4-6-17-49(65(70)85)44-54(83)30-35-100-37-39-102-41-40-101-38-36-99-34-15-20-52(81)19-9-10-24-63-64-58(46-103-63)74-68(88)75-64;9-7(10)5-1-2-6(4-3-5)8(11)12/h2,25-29,33,43,45,48-50,55-56,58-59,63-64,72,82H,1,3-24,30-32,34-42,44,46,69H2,(H2,70,85)(H,71,87)(H,73,86)(H2,74,75,88);1-4H/b33-29+;/t48?,49?,50?,55?,56?,58-,59?,63?,64-;/m1./s1. The maximum absolute atomic E-state index is 14.3. The van der Waals surface area contributed by atoms with Crippen molar-refractivity contribution in [3.8, 4) is 5.75 Å². The number of unbranched alkanes of at least 4 members (excludes halogenated alkanes) is 7. The topological polar surface area (TPSA) is 591 Å². The van der Waals surface area contributed by atoms with Crippen LogP contribution in [-0.2, 0) is 54.1 Å². The van der Waals surface area contributed by atoms with Crippen LogP contribution in [0.1, 0.15) is 160 Å². The number of benzene rings is 3. The van der Waals surface area contributed by atoms with E-state index in [0.717, 1.165) is 97.8 Å². The number of rotatable bonds is 63. The Morgan fingerprint density at radius 1 is 0.591 bits per heavy atom. The number of carbonyl (C=O) groups is 7. The van der Waals surface area contributed by atoms with Crippen LogP contribution in [0.25, 0.3) is 0 Å². The van der Waals surface area contributed by atoms with E-state index in [2.05, 4.69) is 33.2 Å². The van der Waals surface area contributed by atoms with Gasteiger partial charge in [0, 0.05) is 133 Å². The molecule has 634 valence electrons. The van der Waals surface area contributed by atoms with Crippen molar-refractivity contribution >= 4 is 87.0 Å². The number of urea groups is 1. The largest absolute Gasteiger partial charge is 0.508 e. The zero-order valence-corrected chi connectivity index (χ0v) is 65.0. The van der Waals surface area contributed by atoms with E-state index in [4.69, 9.17) is 30.4 Å². The van der Waals surface area contributed by atoms with Crippen LogP contribution < -0.4 is 38.1 Å². The van der Waals surface area contributed by atoms with Gasteiger partial charge in [0.1, 0.15) is 29.0 Å². The lowest BCUT2D eigenvalue weighted by molar-refractivity contribution is -0.516. The second-order valence-electron chi connectivity index (χ2n) is 27.6. The molecule has 9 atom stereocenters. The van der Waals surface area contributed by atoms with Gasteiger partial charge in [0.25, 0.3) is 28.4 Å². The van der Waals surface area contributed by atoms with E-state index in [-0.39, 0.29) is 179 Å². The molecule has 0 spiro atoms. The van der Waals surface area contributed by atoms with Gasteiger partial charge in [0.2, 0.25) is 30.0 Å². The molecular formula is C74H106N14O26S. The minimum absolute atomic E-state index is 0.00215. The number of fused-ring (bicyclic) bond motifs is 1. The first kappa shape index (κ1) is 96.7. The van der Waals surface area contributed by atoms with Gasteiger partial charge in [-0.15, -0.1) is 0 Å². The van der Waals surface area contributed by atoms with Crippen molar-refractivity contribution in [1.29, 1.82) is 0 Å². The Morgan fingerprint density at radius 3 is 1.77 bits per heavy atom. The maximum Gasteiger partial charge on any atom is 0.315 e. The molecule has 0 saturated carbocycles. The fourth-order valence-electron chi connectivity index (χ4n) is 12.9. The summed E-state index contributed by atoms with van der Waals surface area (Å²) in [5.74, 6) is -4.65. The summed E-state index contributed by atoms with van der Waals surface area (Å²) in [7, 11) is 0. The number of aromatic hydroxyl groups is 1. The molecule has 0 bridgehead atoms. The quantitative estimate of drug-likeness (QED) is 0.00857. The lowest BCUT2D eigenvalue weighted by atomic mass is 9.85. The molecule has 2 fully saturated rings. The molecular weight excluding hydrogens is 1530 g/mol. The molecule has 2 aliphatic heterocycles. The van der Waals surface area contributed by atoms with Crippen molar-refractivity contribution in [3.63, 3.8) is 0 Å². The van der Waals surface area contributed by atoms with E-state index in [9.17, 15) is 109 Å². The number of carbonyl (C=O) groups excluding carboxylic acids is 7. The number of nitrogens with two attached hydrogens (primary N) is 2. The zero-order chi connectivity index (χ0) is 84.6. The first-order chi connectivity index (χ1) is 55.0. The first-order valence-corrected chi connectivity index (χ1v) is 39.3. The highest BCUT2D eigenvalue weighted by Crippen LogP contribution is 2.35. The third-order valence-corrected chi connectivity index (χ3v) is 20.6. The molecule has 2 aliphatic rings. The second-order valence-corrected chi connectivity index (χ2v) is 28.9. The van der Waals surface area contributed by atoms with Crippen molar-refractivity contribution in [2.45, 2.75) is 196 Å². The molecule has 3 aromatic carbocycles. The number of nitrogens with zero attached hydrogens (tertiary/aromatic N) is 7. The van der Waals surface area contributed by atoms with Gasteiger partial charge in [0.15, 0.2) is 5.78 Å². The van der Waals surface area contributed by atoms with Gasteiger partial charge in [-0.2, -0.15) is 11.8 Å². The van der Waals surface area contributed by atoms with E-state index in [1.54, 1.807) is 0 Å². The van der Waals surface area contributed by atoms with Gasteiger partial charge in [-0.05, 0) is 115 Å². The summed E-state index contributed by atoms with van der Waals surface area (Å²) in [5.41, 5.74) is 10.1. The Labute approximate surface area is 667 Å². The second kappa shape index (κ2) is 54.2. The number of ether oxygens (including phenoxy) is 4. The third-order valence-electron chi connectivity index (χ3n) is 19.1. The number of Topliss-reactive ketones (excluding diaryl/α,β-unsaturated/α-hetero) is 3. The molecule has 0 aromatic heterocycles. The molecule has 3 aromatic rings. The molecule has 41 heteroatoms. The van der Waals surface area contributed by atoms with Gasteiger partial charge >= 0.3 is 6.03 Å². The van der Waals surface area contributed by atoms with Crippen LogP contribution in [0.2, 0.25) is 0 Å². The summed E-state index contributed by atoms with van der Waals surface area (Å²) in [5, 5.41) is 104. The summed E-state index contributed by atoms with van der Waals surface area (Å²) >= 11 is 1.87. The van der Waals surface area contributed by atoms with Crippen LogP contribution in [0.5, 0.6) is 5.75 Å². The van der Waals surface area contributed by atoms with Crippen LogP contribution in [0, 0.1) is 88.6 Å². The number of phenols is 1. The van der Waals surface area contributed by atoms with Crippen molar-refractivity contribution in [1.82, 2.24) is 21.3 Å². The van der Waals surface area contributed by atoms with E-state index < -0.39 is 93.8 Å². The van der Waals surface area contributed by atoms with Crippen molar-refractivity contribution in [2.75, 3.05) is 77.0 Å². The van der Waals surface area contributed by atoms with E-state index in [0.29, 0.717) is 115 Å². The maximum atomic E-state index is 14.3. The minimum Gasteiger partial charge on any atom is -0.508 e. The van der Waals surface area contributed by atoms with Crippen LogP contribution in [-0.4, -0.2) is 188 Å². The SMILES string of the molecule is C=CC(C(/C=C/[N+](=O)[O-])CC(CCCCN)C(=O)NC(CCCCNC(=O)C(CCCCCc1cc([N+](=O)[O-])ccc1[N+](=O)[O-])Nc1cc(O)ccc1[N+](=O)[O-])C(=O)CCCCCC(CC(=O)CCOCCOCCOCCOCCCC(=O)CCCCC1SC[C@H]2NC(=O)N[C@@H]12)C(N)=O)[N+](=O)[O-].O=[N+]([O-])c1ccc([N+](=O)[O-])cc1. The summed E-state index contributed by atoms with van der Waals surface area (Å²) in [6.45, 7) is 6.19. The summed E-state index contributed by atoms with van der Waals surface area (Å²) in [4.78, 5) is 166. The number of primary amides is 1. The number of hydrogen-bond acceptors (Lipinski definition) is 29. The Morgan fingerprint density at radius 2 is 1.16 bits per heavy atom. The van der Waals surface area contributed by atoms with Gasteiger partial charge in [0.05, 0.1) is 99.8 Å². The van der Waals surface area contributed by atoms with E-state index in [1.807, 2.05) is 11.8 Å². The van der Waals surface area contributed by atoms with Crippen LogP contribution in [0.3, 0.4) is 0 Å². The lowest BCUT2D eigenvalue weighted by Crippen LogP contribution is -2.44. The number of hydrogen-bond donors (Lipinski definition) is 8. The van der Waals surface area contributed by atoms with Crippen LogP contribution in [0.15, 0.2) is 85.6 Å². The molecule has 2 heterocycles. The minimum atomic E-state index is -1.50. The van der Waals surface area contributed by atoms with Crippen molar-refractivity contribution in [3.05, 3.63) is 162 Å². The zero-order valence-electron chi connectivity index (χ0n) is 64.2. The highest BCUT2D eigenvalue weighted by atomic mass is 32.2. The number of non-ortho nitro benzene ring substituents is 3. The number of amides is 5. The molecule has 0 aliphatic carbocycles. The smallest absolute Gasteiger partial charge is 0.315 e. The number of ketones is 3. The highest BCUT2D eigenvalue weighted by Gasteiger charge is 2.43. The molecule has 10 N–H and O–H groups in total. The molecule has 40 nitrogen and oxygen atoms in total. The summed E-state index contributed by atoms with van der Waals surface area (Å²) < 4.78 is 22.2. The van der Waals surface area contributed by atoms with Crippen LogP contribution in [0.4, 0.5) is 38.9 Å². The predicted octanol–water partition coefficient (Wildman–Crippen LogP) is 9.46. The number of nitro benzene ring substituents is 5. The molecule has 5 amide bonds.